The van der Waals surface area contributed by atoms with Crippen LogP contribution < -0.4 is 5.73 Å². The summed E-state index contributed by atoms with van der Waals surface area (Å²) >= 11 is 0. The van der Waals surface area contributed by atoms with Crippen LogP contribution in [0.3, 0.4) is 0 Å². The zero-order valence-corrected chi connectivity index (χ0v) is 8.42. The Kier molecular flexibility index (Phi) is 3.36. The smallest absolute Gasteiger partial charge is 0.259 e. The standard InChI is InChI=1S/C11H8F2N2O/c1-6(8(5-14)11(15)16)7-2-3-9(12)10(13)4-7/h2-4H,1H3,(H2,15,16)/b8-6+. The van der Waals surface area contributed by atoms with Gasteiger partial charge in [0.2, 0.25) is 0 Å². The number of nitrogens with zero attached hydrogens (tertiary/aromatic N) is 1. The quantitative estimate of drug-likeness (QED) is 0.611. The number of rotatable bonds is 2. The summed E-state index contributed by atoms with van der Waals surface area (Å²) in [5.41, 5.74) is 5.16. The molecule has 1 rings (SSSR count). The predicted octanol–water partition coefficient (Wildman–Crippen LogP) is 1.75. The van der Waals surface area contributed by atoms with Gasteiger partial charge in [0.25, 0.3) is 5.91 Å². The number of hydrogen-bond acceptors (Lipinski definition) is 2. The van der Waals surface area contributed by atoms with Crippen molar-refractivity contribution in [3.63, 3.8) is 0 Å². The van der Waals surface area contributed by atoms with Crippen molar-refractivity contribution in [3.8, 4) is 6.07 Å². The van der Waals surface area contributed by atoms with Crippen molar-refractivity contribution in [1.29, 1.82) is 5.26 Å². The summed E-state index contributed by atoms with van der Waals surface area (Å²) < 4.78 is 25.6. The van der Waals surface area contributed by atoms with Crippen LogP contribution in [-0.4, -0.2) is 5.91 Å². The van der Waals surface area contributed by atoms with Crippen LogP contribution >= 0.6 is 0 Å². The second-order valence-corrected chi connectivity index (χ2v) is 3.10. The summed E-state index contributed by atoms with van der Waals surface area (Å²) in [6.45, 7) is 1.44. The van der Waals surface area contributed by atoms with E-state index in [1.54, 1.807) is 6.07 Å². The van der Waals surface area contributed by atoms with Crippen molar-refractivity contribution < 1.29 is 13.6 Å². The Bertz CT molecular complexity index is 515. The summed E-state index contributed by atoms with van der Waals surface area (Å²) in [4.78, 5) is 10.9. The summed E-state index contributed by atoms with van der Waals surface area (Å²) in [5.74, 6) is -2.93. The van der Waals surface area contributed by atoms with Crippen molar-refractivity contribution in [2.45, 2.75) is 6.92 Å². The van der Waals surface area contributed by atoms with E-state index >= 15 is 0 Å². The van der Waals surface area contributed by atoms with Crippen LogP contribution in [-0.2, 0) is 4.79 Å². The molecule has 16 heavy (non-hydrogen) atoms. The van der Waals surface area contributed by atoms with E-state index in [2.05, 4.69) is 0 Å². The first-order valence-corrected chi connectivity index (χ1v) is 4.33. The van der Waals surface area contributed by atoms with Crippen LogP contribution in [0.4, 0.5) is 8.78 Å². The average molecular weight is 222 g/mol. The number of carbonyl (C=O) groups is 1. The minimum absolute atomic E-state index is 0.217. The molecule has 0 saturated carbocycles. The third-order valence-electron chi connectivity index (χ3n) is 2.09. The number of halogens is 2. The second kappa shape index (κ2) is 4.53. The molecule has 0 aliphatic rings. The molecule has 0 spiro atoms. The molecular weight excluding hydrogens is 214 g/mol. The maximum Gasteiger partial charge on any atom is 0.259 e. The monoisotopic (exact) mass is 222 g/mol. The predicted molar refractivity (Wildman–Crippen MR) is 53.8 cm³/mol. The van der Waals surface area contributed by atoms with Gasteiger partial charge >= 0.3 is 0 Å². The van der Waals surface area contributed by atoms with E-state index < -0.39 is 17.5 Å². The lowest BCUT2D eigenvalue weighted by atomic mass is 10.0. The highest BCUT2D eigenvalue weighted by Crippen LogP contribution is 2.20. The van der Waals surface area contributed by atoms with E-state index in [1.807, 2.05) is 0 Å². The molecule has 0 radical (unpaired) electrons. The fourth-order valence-corrected chi connectivity index (χ4v) is 1.20. The average Bonchev–Trinajstić information content (AvgIpc) is 2.22. The molecule has 0 saturated heterocycles. The number of nitrogens with two attached hydrogens (primary N) is 1. The van der Waals surface area contributed by atoms with Crippen molar-refractivity contribution >= 4 is 11.5 Å². The molecule has 1 aromatic rings. The van der Waals surface area contributed by atoms with Crippen LogP contribution in [0.1, 0.15) is 12.5 Å². The van der Waals surface area contributed by atoms with E-state index in [9.17, 15) is 13.6 Å². The zero-order valence-electron chi connectivity index (χ0n) is 8.42. The maximum absolute atomic E-state index is 12.9. The van der Waals surface area contributed by atoms with E-state index in [-0.39, 0.29) is 16.7 Å². The van der Waals surface area contributed by atoms with Gasteiger partial charge in [-0.25, -0.2) is 8.78 Å². The topological polar surface area (TPSA) is 66.9 Å². The van der Waals surface area contributed by atoms with Crippen molar-refractivity contribution in [2.24, 2.45) is 5.73 Å². The number of carbonyl (C=O) groups excluding carboxylic acids is 1. The van der Waals surface area contributed by atoms with Crippen LogP contribution in [0.5, 0.6) is 0 Å². The Morgan fingerprint density at radius 3 is 2.44 bits per heavy atom. The lowest BCUT2D eigenvalue weighted by molar-refractivity contribution is -0.114. The first kappa shape index (κ1) is 11.9. The largest absolute Gasteiger partial charge is 0.365 e. The van der Waals surface area contributed by atoms with Crippen LogP contribution in [0.2, 0.25) is 0 Å². The summed E-state index contributed by atoms with van der Waals surface area (Å²) in [6, 6.07) is 4.72. The first-order chi connectivity index (χ1) is 7.47. The third-order valence-corrected chi connectivity index (χ3v) is 2.09. The van der Waals surface area contributed by atoms with Crippen molar-refractivity contribution in [2.75, 3.05) is 0 Å². The minimum atomic E-state index is -1.04. The normalized spacial score (nSPS) is 11.6. The van der Waals surface area contributed by atoms with Gasteiger partial charge in [0.05, 0.1) is 0 Å². The highest BCUT2D eigenvalue weighted by atomic mass is 19.2. The van der Waals surface area contributed by atoms with Gasteiger partial charge in [0.1, 0.15) is 11.6 Å². The molecule has 2 N–H and O–H groups in total. The second-order valence-electron chi connectivity index (χ2n) is 3.10. The number of benzene rings is 1. The highest BCUT2D eigenvalue weighted by Gasteiger charge is 2.11. The molecule has 0 aromatic heterocycles. The molecular formula is C11H8F2N2O. The van der Waals surface area contributed by atoms with Crippen molar-refractivity contribution in [1.82, 2.24) is 0 Å². The van der Waals surface area contributed by atoms with Gasteiger partial charge < -0.3 is 5.73 Å². The van der Waals surface area contributed by atoms with Crippen molar-refractivity contribution in [3.05, 3.63) is 41.0 Å². The number of hydrogen-bond donors (Lipinski definition) is 1. The first-order valence-electron chi connectivity index (χ1n) is 4.33. The molecule has 0 aliphatic heterocycles. The molecule has 1 amide bonds. The summed E-state index contributed by atoms with van der Waals surface area (Å²) in [5, 5.41) is 8.68. The Labute approximate surface area is 90.8 Å². The van der Waals surface area contributed by atoms with Gasteiger partial charge in [-0.15, -0.1) is 0 Å². The Morgan fingerprint density at radius 2 is 2.00 bits per heavy atom. The Hall–Kier alpha value is -2.22. The van der Waals surface area contributed by atoms with Gasteiger partial charge in [-0.3, -0.25) is 4.79 Å². The molecule has 1 aromatic carbocycles. The van der Waals surface area contributed by atoms with Gasteiger partial charge in [-0.1, -0.05) is 6.07 Å². The van der Waals surface area contributed by atoms with Crippen LogP contribution in [0.15, 0.2) is 23.8 Å². The molecule has 5 heteroatoms. The van der Waals surface area contributed by atoms with E-state index in [0.29, 0.717) is 0 Å². The molecule has 0 unspecified atom stereocenters. The Balaban J connectivity index is 3.34. The molecule has 0 fully saturated rings. The number of allylic oxidation sites excluding steroid dienone is 1. The fourth-order valence-electron chi connectivity index (χ4n) is 1.20. The van der Waals surface area contributed by atoms with Crippen LogP contribution in [0, 0.1) is 23.0 Å². The lowest BCUT2D eigenvalue weighted by Crippen LogP contribution is -2.14. The van der Waals surface area contributed by atoms with Gasteiger partial charge in [0, 0.05) is 0 Å². The minimum Gasteiger partial charge on any atom is -0.365 e. The number of primary amides is 1. The molecule has 0 atom stereocenters. The van der Waals surface area contributed by atoms with Gasteiger partial charge in [-0.05, 0) is 30.2 Å². The molecule has 0 aliphatic carbocycles. The van der Waals surface area contributed by atoms with E-state index in [4.69, 9.17) is 11.0 Å². The molecule has 82 valence electrons. The molecule has 3 nitrogen and oxygen atoms in total. The highest BCUT2D eigenvalue weighted by molar-refractivity contribution is 6.03. The Morgan fingerprint density at radius 1 is 1.38 bits per heavy atom. The van der Waals surface area contributed by atoms with E-state index in [0.717, 1.165) is 12.1 Å². The zero-order chi connectivity index (χ0) is 12.3. The summed E-state index contributed by atoms with van der Waals surface area (Å²) in [6.07, 6.45) is 0. The van der Waals surface area contributed by atoms with Gasteiger partial charge in [0.15, 0.2) is 11.6 Å². The molecule has 0 bridgehead atoms. The SMILES string of the molecule is C/C(=C(/C#N)C(N)=O)c1ccc(F)c(F)c1. The number of amides is 1. The fraction of sp³-hybridized carbons (Fsp3) is 0.0909. The molecule has 0 heterocycles. The van der Waals surface area contributed by atoms with Crippen LogP contribution in [0.25, 0.3) is 5.57 Å². The maximum atomic E-state index is 12.9. The third kappa shape index (κ3) is 2.23. The van der Waals surface area contributed by atoms with E-state index in [1.165, 1.54) is 13.0 Å². The summed E-state index contributed by atoms with van der Waals surface area (Å²) in [7, 11) is 0. The lowest BCUT2D eigenvalue weighted by Gasteiger charge is -2.03. The number of nitriles is 1. The van der Waals surface area contributed by atoms with Gasteiger partial charge in [-0.2, -0.15) is 5.26 Å².